The molecule has 7 heteroatoms. The van der Waals surface area contributed by atoms with E-state index in [2.05, 4.69) is 10.3 Å². The third-order valence-electron chi connectivity index (χ3n) is 2.64. The molecule has 0 atom stereocenters. The zero-order valence-electron chi connectivity index (χ0n) is 10.1. The molecule has 0 radical (unpaired) electrons. The highest BCUT2D eigenvalue weighted by molar-refractivity contribution is 7.22. The zero-order chi connectivity index (χ0) is 14.1. The average Bonchev–Trinajstić information content (AvgIpc) is 3.06. The van der Waals surface area contributed by atoms with Gasteiger partial charge >= 0.3 is 0 Å². The predicted molar refractivity (Wildman–Crippen MR) is 74.8 cm³/mol. The number of carbonyl (C=O) groups excluding carboxylic acids is 2. The van der Waals surface area contributed by atoms with Crippen molar-refractivity contribution < 1.29 is 14.0 Å². The summed E-state index contributed by atoms with van der Waals surface area (Å²) in [6, 6.07) is 8.13. The maximum atomic E-state index is 11.8. The van der Waals surface area contributed by atoms with Gasteiger partial charge in [0.2, 0.25) is 5.91 Å². The van der Waals surface area contributed by atoms with Crippen molar-refractivity contribution in [3.8, 4) is 0 Å². The fraction of sp³-hybridized carbons (Fsp3) is 0. The number of hydrogen-bond donors (Lipinski definition) is 2. The quantitative estimate of drug-likeness (QED) is 0.771. The summed E-state index contributed by atoms with van der Waals surface area (Å²) in [4.78, 5) is 27.2. The molecule has 20 heavy (non-hydrogen) atoms. The van der Waals surface area contributed by atoms with E-state index in [1.807, 2.05) is 0 Å². The molecule has 2 amide bonds. The minimum atomic E-state index is -0.499. The van der Waals surface area contributed by atoms with E-state index < -0.39 is 5.91 Å². The number of anilines is 1. The molecule has 0 aliphatic carbocycles. The first-order valence-electron chi connectivity index (χ1n) is 5.69. The number of rotatable bonds is 3. The van der Waals surface area contributed by atoms with E-state index in [9.17, 15) is 9.59 Å². The summed E-state index contributed by atoms with van der Waals surface area (Å²) < 4.78 is 5.77. The number of hydrogen-bond acceptors (Lipinski definition) is 5. The number of nitrogens with two attached hydrogens (primary N) is 1. The van der Waals surface area contributed by atoms with Crippen LogP contribution in [-0.2, 0) is 0 Å². The van der Waals surface area contributed by atoms with E-state index in [4.69, 9.17) is 10.2 Å². The van der Waals surface area contributed by atoms with E-state index in [-0.39, 0.29) is 11.7 Å². The maximum absolute atomic E-state index is 11.8. The van der Waals surface area contributed by atoms with E-state index in [1.54, 1.807) is 30.3 Å². The molecule has 1 aromatic carbocycles. The molecular formula is C13H9N3O3S. The second-order valence-electron chi connectivity index (χ2n) is 4.00. The molecule has 3 N–H and O–H groups in total. The summed E-state index contributed by atoms with van der Waals surface area (Å²) in [5, 5.41) is 3.07. The van der Waals surface area contributed by atoms with Crippen LogP contribution in [-0.4, -0.2) is 16.8 Å². The van der Waals surface area contributed by atoms with Crippen LogP contribution in [0.4, 0.5) is 5.13 Å². The molecule has 0 fully saturated rings. The summed E-state index contributed by atoms with van der Waals surface area (Å²) in [6.45, 7) is 0. The molecule has 100 valence electrons. The highest BCUT2D eigenvalue weighted by atomic mass is 32.1. The molecule has 0 aliphatic heterocycles. The lowest BCUT2D eigenvalue weighted by atomic mass is 10.2. The van der Waals surface area contributed by atoms with Gasteiger partial charge in [-0.25, -0.2) is 4.98 Å². The van der Waals surface area contributed by atoms with Crippen LogP contribution in [0.5, 0.6) is 0 Å². The van der Waals surface area contributed by atoms with E-state index in [0.717, 1.165) is 4.70 Å². The molecule has 0 unspecified atom stereocenters. The first-order valence-corrected chi connectivity index (χ1v) is 6.50. The molecule has 0 saturated carbocycles. The number of nitrogens with zero attached hydrogens (tertiary/aromatic N) is 1. The number of nitrogens with one attached hydrogen (secondary N) is 1. The zero-order valence-corrected chi connectivity index (χ0v) is 10.9. The van der Waals surface area contributed by atoms with Crippen molar-refractivity contribution in [2.24, 2.45) is 5.73 Å². The smallest absolute Gasteiger partial charge is 0.293 e. The lowest BCUT2D eigenvalue weighted by Crippen LogP contribution is -2.10. The summed E-state index contributed by atoms with van der Waals surface area (Å²) in [7, 11) is 0. The van der Waals surface area contributed by atoms with Crippen molar-refractivity contribution in [1.82, 2.24) is 4.98 Å². The van der Waals surface area contributed by atoms with Crippen LogP contribution in [0.2, 0.25) is 0 Å². The van der Waals surface area contributed by atoms with Crippen LogP contribution in [0.1, 0.15) is 20.9 Å². The van der Waals surface area contributed by atoms with Crippen LogP contribution in [0.15, 0.2) is 41.0 Å². The van der Waals surface area contributed by atoms with Gasteiger partial charge in [0.1, 0.15) is 0 Å². The fourth-order valence-electron chi connectivity index (χ4n) is 1.70. The summed E-state index contributed by atoms with van der Waals surface area (Å²) in [5.41, 5.74) is 6.32. The second kappa shape index (κ2) is 4.78. The van der Waals surface area contributed by atoms with Crippen molar-refractivity contribution in [2.75, 3.05) is 5.32 Å². The number of fused-ring (bicyclic) bond motifs is 1. The van der Waals surface area contributed by atoms with Gasteiger partial charge in [0, 0.05) is 5.56 Å². The molecule has 3 rings (SSSR count). The summed E-state index contributed by atoms with van der Waals surface area (Å²) >= 11 is 1.26. The van der Waals surface area contributed by atoms with Crippen molar-refractivity contribution >= 4 is 38.5 Å². The van der Waals surface area contributed by atoms with Crippen LogP contribution >= 0.6 is 11.3 Å². The lowest BCUT2D eigenvalue weighted by molar-refractivity contribution is 0.0990. The minimum Gasteiger partial charge on any atom is -0.459 e. The third-order valence-corrected chi connectivity index (χ3v) is 3.57. The molecule has 0 spiro atoms. The fourth-order valence-corrected chi connectivity index (χ4v) is 2.60. The van der Waals surface area contributed by atoms with E-state index in [0.29, 0.717) is 16.2 Å². The maximum Gasteiger partial charge on any atom is 0.293 e. The Bertz CT molecular complexity index is 792. The molecule has 0 saturated heterocycles. The number of thiazole rings is 1. The van der Waals surface area contributed by atoms with Crippen LogP contribution < -0.4 is 11.1 Å². The Balaban J connectivity index is 1.89. The molecule has 2 heterocycles. The number of aromatic nitrogens is 1. The lowest BCUT2D eigenvalue weighted by Gasteiger charge is -1.96. The van der Waals surface area contributed by atoms with Crippen LogP contribution in [0, 0.1) is 0 Å². The Hall–Kier alpha value is -2.67. The number of amides is 2. The topological polar surface area (TPSA) is 98.2 Å². The molecule has 0 aliphatic rings. The normalized spacial score (nSPS) is 10.6. The Morgan fingerprint density at radius 3 is 2.85 bits per heavy atom. The van der Waals surface area contributed by atoms with Crippen molar-refractivity contribution in [1.29, 1.82) is 0 Å². The highest BCUT2D eigenvalue weighted by Crippen LogP contribution is 2.27. The first kappa shape index (κ1) is 12.4. The molecule has 3 aromatic rings. The van der Waals surface area contributed by atoms with E-state index >= 15 is 0 Å². The third kappa shape index (κ3) is 2.26. The Kier molecular flexibility index (Phi) is 2.96. The van der Waals surface area contributed by atoms with E-state index in [1.165, 1.54) is 17.6 Å². The van der Waals surface area contributed by atoms with Gasteiger partial charge in [-0.3, -0.25) is 14.9 Å². The molecule has 6 nitrogen and oxygen atoms in total. The van der Waals surface area contributed by atoms with Gasteiger partial charge in [-0.15, -0.1) is 0 Å². The van der Waals surface area contributed by atoms with Crippen LogP contribution in [0.3, 0.4) is 0 Å². The molecular weight excluding hydrogens is 278 g/mol. The predicted octanol–water partition coefficient (Wildman–Crippen LogP) is 2.24. The number of benzene rings is 1. The van der Waals surface area contributed by atoms with Gasteiger partial charge in [-0.1, -0.05) is 11.3 Å². The Morgan fingerprint density at radius 1 is 1.30 bits per heavy atom. The monoisotopic (exact) mass is 287 g/mol. The number of primary amides is 1. The highest BCUT2D eigenvalue weighted by Gasteiger charge is 2.12. The van der Waals surface area contributed by atoms with Gasteiger partial charge in [0.15, 0.2) is 10.9 Å². The van der Waals surface area contributed by atoms with Gasteiger partial charge < -0.3 is 10.2 Å². The Morgan fingerprint density at radius 2 is 2.15 bits per heavy atom. The van der Waals surface area contributed by atoms with Crippen molar-refractivity contribution in [2.45, 2.75) is 0 Å². The van der Waals surface area contributed by atoms with Crippen molar-refractivity contribution in [3.63, 3.8) is 0 Å². The standard InChI is InChI=1S/C13H9N3O3S/c14-11(17)7-3-4-8-10(6-7)20-13(15-8)16-12(18)9-2-1-5-19-9/h1-6H,(H2,14,17)(H,15,16,18). The second-order valence-corrected chi connectivity index (χ2v) is 5.03. The number of carbonyl (C=O) groups is 2. The Labute approximate surface area is 117 Å². The van der Waals surface area contributed by atoms with Crippen LogP contribution in [0.25, 0.3) is 10.2 Å². The van der Waals surface area contributed by atoms with Gasteiger partial charge in [-0.05, 0) is 30.3 Å². The number of furan rings is 1. The average molecular weight is 287 g/mol. The first-order chi connectivity index (χ1) is 9.63. The molecule has 0 bridgehead atoms. The molecule has 2 aromatic heterocycles. The SMILES string of the molecule is NC(=O)c1ccc2nc(NC(=O)c3ccco3)sc2c1. The van der Waals surface area contributed by atoms with Gasteiger partial charge in [0.05, 0.1) is 16.5 Å². The summed E-state index contributed by atoms with van der Waals surface area (Å²) in [5.74, 6) is -0.660. The van der Waals surface area contributed by atoms with Gasteiger partial charge in [0.25, 0.3) is 5.91 Å². The summed E-state index contributed by atoms with van der Waals surface area (Å²) in [6.07, 6.45) is 1.42. The van der Waals surface area contributed by atoms with Crippen molar-refractivity contribution in [3.05, 3.63) is 47.9 Å². The minimum absolute atomic E-state index is 0.210. The van der Waals surface area contributed by atoms with Gasteiger partial charge in [-0.2, -0.15) is 0 Å². The largest absolute Gasteiger partial charge is 0.459 e.